The van der Waals surface area contributed by atoms with Gasteiger partial charge in [-0.25, -0.2) is 13.2 Å². The Morgan fingerprint density at radius 3 is 2.12 bits per heavy atom. The standard InChI is InChI=1S/C12H16F3N/c1-3-7(4-2)12(16)8-5-6-9(13)11(15)10(8)14/h5-7,12H,3-4,16H2,1-2H3. The molecular weight excluding hydrogens is 215 g/mol. The van der Waals surface area contributed by atoms with E-state index >= 15 is 0 Å². The predicted molar refractivity (Wildman–Crippen MR) is 57.3 cm³/mol. The van der Waals surface area contributed by atoms with Crippen LogP contribution in [0.5, 0.6) is 0 Å². The third-order valence-electron chi connectivity index (χ3n) is 2.98. The van der Waals surface area contributed by atoms with Crippen LogP contribution in [0.4, 0.5) is 13.2 Å². The zero-order chi connectivity index (χ0) is 12.3. The average Bonchev–Trinajstić information content (AvgIpc) is 2.27. The molecule has 0 bridgehead atoms. The third kappa shape index (κ3) is 2.38. The molecule has 0 fully saturated rings. The minimum atomic E-state index is -1.45. The number of nitrogens with two attached hydrogens (primary N) is 1. The fourth-order valence-corrected chi connectivity index (χ4v) is 1.85. The van der Waals surface area contributed by atoms with E-state index in [4.69, 9.17) is 5.73 Å². The Kier molecular flexibility index (Phi) is 4.35. The SMILES string of the molecule is CCC(CC)C(N)c1ccc(F)c(F)c1F. The van der Waals surface area contributed by atoms with Crippen LogP contribution in [0.1, 0.15) is 38.3 Å². The number of rotatable bonds is 4. The second-order valence-corrected chi connectivity index (χ2v) is 3.87. The van der Waals surface area contributed by atoms with Crippen molar-refractivity contribution in [2.45, 2.75) is 32.7 Å². The quantitative estimate of drug-likeness (QED) is 0.788. The van der Waals surface area contributed by atoms with E-state index in [1.807, 2.05) is 13.8 Å². The number of hydrogen-bond acceptors (Lipinski definition) is 1. The minimum Gasteiger partial charge on any atom is -0.324 e. The molecule has 1 atom stereocenters. The van der Waals surface area contributed by atoms with Gasteiger partial charge in [0.05, 0.1) is 0 Å². The lowest BCUT2D eigenvalue weighted by Crippen LogP contribution is -2.22. The van der Waals surface area contributed by atoms with Crippen LogP contribution in [-0.4, -0.2) is 0 Å². The molecule has 0 amide bonds. The van der Waals surface area contributed by atoms with Crippen LogP contribution < -0.4 is 5.73 Å². The first-order valence-electron chi connectivity index (χ1n) is 5.41. The Balaban J connectivity index is 3.09. The Morgan fingerprint density at radius 2 is 1.62 bits per heavy atom. The lowest BCUT2D eigenvalue weighted by molar-refractivity contribution is 0.378. The van der Waals surface area contributed by atoms with Crippen molar-refractivity contribution in [3.05, 3.63) is 35.1 Å². The Hall–Kier alpha value is -1.03. The molecule has 1 unspecified atom stereocenters. The molecule has 1 rings (SSSR count). The van der Waals surface area contributed by atoms with Gasteiger partial charge in [-0.1, -0.05) is 32.8 Å². The van der Waals surface area contributed by atoms with Gasteiger partial charge in [-0.3, -0.25) is 0 Å². The maximum absolute atomic E-state index is 13.5. The van der Waals surface area contributed by atoms with Gasteiger partial charge in [-0.05, 0) is 12.0 Å². The summed E-state index contributed by atoms with van der Waals surface area (Å²) in [6, 6.07) is 1.54. The fraction of sp³-hybridized carbons (Fsp3) is 0.500. The third-order valence-corrected chi connectivity index (χ3v) is 2.98. The second kappa shape index (κ2) is 5.34. The molecule has 0 radical (unpaired) electrons. The highest BCUT2D eigenvalue weighted by atomic mass is 19.2. The van der Waals surface area contributed by atoms with Crippen molar-refractivity contribution in [1.29, 1.82) is 0 Å². The fourth-order valence-electron chi connectivity index (χ4n) is 1.85. The van der Waals surface area contributed by atoms with Gasteiger partial charge in [0.25, 0.3) is 0 Å². The second-order valence-electron chi connectivity index (χ2n) is 3.87. The van der Waals surface area contributed by atoms with Crippen LogP contribution in [0.25, 0.3) is 0 Å². The summed E-state index contributed by atoms with van der Waals surface area (Å²) in [7, 11) is 0. The van der Waals surface area contributed by atoms with Gasteiger partial charge < -0.3 is 5.73 Å². The first kappa shape index (κ1) is 13.0. The summed E-state index contributed by atoms with van der Waals surface area (Å²) < 4.78 is 39.2. The van der Waals surface area contributed by atoms with Gasteiger partial charge in [0.15, 0.2) is 17.5 Å². The molecule has 0 aliphatic carbocycles. The highest BCUT2D eigenvalue weighted by Gasteiger charge is 2.22. The molecule has 0 spiro atoms. The van der Waals surface area contributed by atoms with Crippen LogP contribution in [-0.2, 0) is 0 Å². The Labute approximate surface area is 93.5 Å². The zero-order valence-corrected chi connectivity index (χ0v) is 9.43. The molecular formula is C12H16F3N. The monoisotopic (exact) mass is 231 g/mol. The zero-order valence-electron chi connectivity index (χ0n) is 9.43. The molecule has 16 heavy (non-hydrogen) atoms. The molecule has 2 N–H and O–H groups in total. The highest BCUT2D eigenvalue weighted by Crippen LogP contribution is 2.28. The van der Waals surface area contributed by atoms with Crippen molar-refractivity contribution in [3.8, 4) is 0 Å². The molecule has 0 aliphatic rings. The van der Waals surface area contributed by atoms with Crippen LogP contribution in [0, 0.1) is 23.4 Å². The van der Waals surface area contributed by atoms with Gasteiger partial charge in [0, 0.05) is 11.6 Å². The Morgan fingerprint density at radius 1 is 1.06 bits per heavy atom. The predicted octanol–water partition coefficient (Wildman–Crippen LogP) is 3.54. The average molecular weight is 231 g/mol. The van der Waals surface area contributed by atoms with Crippen molar-refractivity contribution < 1.29 is 13.2 Å². The smallest absolute Gasteiger partial charge is 0.194 e. The molecule has 0 saturated heterocycles. The molecule has 0 aliphatic heterocycles. The van der Waals surface area contributed by atoms with Gasteiger partial charge in [-0.2, -0.15) is 0 Å². The van der Waals surface area contributed by atoms with E-state index < -0.39 is 23.5 Å². The van der Waals surface area contributed by atoms with Gasteiger partial charge in [0.1, 0.15) is 0 Å². The largest absolute Gasteiger partial charge is 0.324 e. The summed E-state index contributed by atoms with van der Waals surface area (Å²) in [5.74, 6) is -3.73. The van der Waals surface area contributed by atoms with E-state index in [1.54, 1.807) is 0 Å². The van der Waals surface area contributed by atoms with Gasteiger partial charge in [0.2, 0.25) is 0 Å². The van der Waals surface area contributed by atoms with Crippen molar-refractivity contribution in [2.24, 2.45) is 11.7 Å². The first-order chi connectivity index (χ1) is 7.52. The highest BCUT2D eigenvalue weighted by molar-refractivity contribution is 5.23. The summed E-state index contributed by atoms with van der Waals surface area (Å²) in [4.78, 5) is 0. The van der Waals surface area contributed by atoms with E-state index in [-0.39, 0.29) is 11.5 Å². The van der Waals surface area contributed by atoms with E-state index in [2.05, 4.69) is 0 Å². The van der Waals surface area contributed by atoms with Gasteiger partial charge in [-0.15, -0.1) is 0 Å². The number of halogens is 3. The van der Waals surface area contributed by atoms with Crippen LogP contribution in [0.15, 0.2) is 12.1 Å². The van der Waals surface area contributed by atoms with E-state index in [0.717, 1.165) is 18.9 Å². The van der Waals surface area contributed by atoms with E-state index in [1.165, 1.54) is 6.07 Å². The van der Waals surface area contributed by atoms with Crippen LogP contribution >= 0.6 is 0 Å². The molecule has 1 aromatic rings. The first-order valence-corrected chi connectivity index (χ1v) is 5.41. The maximum atomic E-state index is 13.5. The summed E-state index contributed by atoms with van der Waals surface area (Å²) in [6.07, 6.45) is 1.55. The molecule has 1 aromatic carbocycles. The summed E-state index contributed by atoms with van der Waals surface area (Å²) >= 11 is 0. The summed E-state index contributed by atoms with van der Waals surface area (Å²) in [6.45, 7) is 3.87. The lowest BCUT2D eigenvalue weighted by Gasteiger charge is -2.22. The van der Waals surface area contributed by atoms with Gasteiger partial charge >= 0.3 is 0 Å². The normalized spacial score (nSPS) is 13.2. The summed E-state index contributed by atoms with van der Waals surface area (Å²) in [5, 5.41) is 0. The molecule has 0 heterocycles. The van der Waals surface area contributed by atoms with E-state index in [9.17, 15) is 13.2 Å². The lowest BCUT2D eigenvalue weighted by atomic mass is 9.89. The van der Waals surface area contributed by atoms with Crippen LogP contribution in [0.3, 0.4) is 0 Å². The molecule has 90 valence electrons. The maximum Gasteiger partial charge on any atom is 0.194 e. The number of hydrogen-bond donors (Lipinski definition) is 1. The minimum absolute atomic E-state index is 0.0487. The molecule has 0 saturated carbocycles. The Bertz CT molecular complexity index is 362. The number of benzene rings is 1. The van der Waals surface area contributed by atoms with Crippen molar-refractivity contribution in [2.75, 3.05) is 0 Å². The van der Waals surface area contributed by atoms with E-state index in [0.29, 0.717) is 0 Å². The summed E-state index contributed by atoms with van der Waals surface area (Å²) in [5.41, 5.74) is 5.90. The topological polar surface area (TPSA) is 26.0 Å². The molecule has 1 nitrogen and oxygen atoms in total. The molecule has 0 aromatic heterocycles. The van der Waals surface area contributed by atoms with Crippen molar-refractivity contribution >= 4 is 0 Å². The molecule has 4 heteroatoms. The van der Waals surface area contributed by atoms with Crippen molar-refractivity contribution in [1.82, 2.24) is 0 Å². The van der Waals surface area contributed by atoms with Crippen molar-refractivity contribution in [3.63, 3.8) is 0 Å². The van der Waals surface area contributed by atoms with Crippen LogP contribution in [0.2, 0.25) is 0 Å².